The van der Waals surface area contributed by atoms with Crippen LogP contribution in [0.3, 0.4) is 0 Å². The minimum atomic E-state index is -0.188. The first-order valence-electron chi connectivity index (χ1n) is 10.8. The van der Waals surface area contributed by atoms with E-state index in [-0.39, 0.29) is 11.9 Å². The maximum atomic E-state index is 13.1. The van der Waals surface area contributed by atoms with E-state index in [1.165, 1.54) is 5.56 Å². The van der Waals surface area contributed by atoms with Crippen LogP contribution in [0, 0.1) is 5.92 Å². The number of piperidine rings is 1. The van der Waals surface area contributed by atoms with Gasteiger partial charge in [-0.25, -0.2) is 0 Å². The number of likely N-dealkylation sites (N-methyl/N-ethyl adjacent to an activating group) is 1. The van der Waals surface area contributed by atoms with Crippen LogP contribution in [0.4, 0.5) is 0 Å². The standard InChI is InChI=1S/C25H34N2O3/c1-19(26(2)18-22-11-8-12-23(29-3)24(22)30-4)25(28)27-15-13-21(14-16-27)17-20-9-6-5-7-10-20/h5-12,19,21H,13-18H2,1-4H3. The van der Waals surface area contributed by atoms with Gasteiger partial charge in [0, 0.05) is 25.2 Å². The number of hydrogen-bond donors (Lipinski definition) is 0. The van der Waals surface area contributed by atoms with E-state index in [4.69, 9.17) is 9.47 Å². The number of rotatable bonds is 8. The number of para-hydroxylation sites is 1. The molecule has 1 aliphatic rings. The molecule has 30 heavy (non-hydrogen) atoms. The van der Waals surface area contributed by atoms with Crippen LogP contribution in [0.2, 0.25) is 0 Å². The second kappa shape index (κ2) is 10.5. The highest BCUT2D eigenvalue weighted by Crippen LogP contribution is 2.31. The summed E-state index contributed by atoms with van der Waals surface area (Å²) in [6.45, 7) is 4.30. The third-order valence-electron chi connectivity index (χ3n) is 6.22. The van der Waals surface area contributed by atoms with Crippen LogP contribution < -0.4 is 9.47 Å². The van der Waals surface area contributed by atoms with Gasteiger partial charge in [0.25, 0.3) is 0 Å². The van der Waals surface area contributed by atoms with E-state index in [1.54, 1.807) is 14.2 Å². The van der Waals surface area contributed by atoms with Gasteiger partial charge >= 0.3 is 0 Å². The van der Waals surface area contributed by atoms with Gasteiger partial charge in [-0.3, -0.25) is 9.69 Å². The van der Waals surface area contributed by atoms with Crippen molar-refractivity contribution in [1.29, 1.82) is 0 Å². The van der Waals surface area contributed by atoms with E-state index in [2.05, 4.69) is 35.2 Å². The highest BCUT2D eigenvalue weighted by molar-refractivity contribution is 5.81. The molecule has 0 N–H and O–H groups in total. The van der Waals surface area contributed by atoms with Gasteiger partial charge in [0.15, 0.2) is 11.5 Å². The van der Waals surface area contributed by atoms with Crippen LogP contribution in [-0.4, -0.2) is 56.1 Å². The Morgan fingerprint density at radius 3 is 2.40 bits per heavy atom. The largest absolute Gasteiger partial charge is 0.493 e. The van der Waals surface area contributed by atoms with Gasteiger partial charge in [0.05, 0.1) is 20.3 Å². The molecule has 1 fully saturated rings. The quantitative estimate of drug-likeness (QED) is 0.660. The first-order chi connectivity index (χ1) is 14.5. The fraction of sp³-hybridized carbons (Fsp3) is 0.480. The minimum absolute atomic E-state index is 0.188. The molecular formula is C25H34N2O3. The molecule has 1 saturated heterocycles. The first-order valence-corrected chi connectivity index (χ1v) is 10.8. The van der Waals surface area contributed by atoms with E-state index < -0.39 is 0 Å². The molecular weight excluding hydrogens is 376 g/mol. The van der Waals surface area contributed by atoms with Crippen molar-refractivity contribution >= 4 is 5.91 Å². The van der Waals surface area contributed by atoms with Crippen molar-refractivity contribution in [3.8, 4) is 11.5 Å². The molecule has 0 aromatic heterocycles. The maximum absolute atomic E-state index is 13.1. The van der Waals surface area contributed by atoms with E-state index in [1.807, 2.05) is 37.1 Å². The molecule has 2 aromatic rings. The summed E-state index contributed by atoms with van der Waals surface area (Å²) < 4.78 is 10.9. The number of likely N-dealkylation sites (tertiary alicyclic amines) is 1. The van der Waals surface area contributed by atoms with Crippen LogP contribution in [0.1, 0.15) is 30.9 Å². The summed E-state index contributed by atoms with van der Waals surface area (Å²) in [5.41, 5.74) is 2.41. The van der Waals surface area contributed by atoms with Crippen LogP contribution >= 0.6 is 0 Å². The molecule has 5 heteroatoms. The molecule has 1 aliphatic heterocycles. The number of carbonyl (C=O) groups excluding carboxylic acids is 1. The van der Waals surface area contributed by atoms with E-state index in [0.717, 1.165) is 43.7 Å². The Balaban J connectivity index is 1.54. The average Bonchev–Trinajstić information content (AvgIpc) is 2.79. The van der Waals surface area contributed by atoms with Crippen molar-refractivity contribution < 1.29 is 14.3 Å². The Hall–Kier alpha value is -2.53. The topological polar surface area (TPSA) is 42.0 Å². The Morgan fingerprint density at radius 1 is 1.07 bits per heavy atom. The van der Waals surface area contributed by atoms with Crippen LogP contribution in [0.5, 0.6) is 11.5 Å². The summed E-state index contributed by atoms with van der Waals surface area (Å²) in [7, 11) is 5.28. The van der Waals surface area contributed by atoms with Gasteiger partial charge in [0.1, 0.15) is 0 Å². The van der Waals surface area contributed by atoms with Gasteiger partial charge in [0.2, 0.25) is 5.91 Å². The smallest absolute Gasteiger partial charge is 0.239 e. The van der Waals surface area contributed by atoms with E-state index in [0.29, 0.717) is 18.2 Å². The van der Waals surface area contributed by atoms with Crippen molar-refractivity contribution in [1.82, 2.24) is 9.80 Å². The van der Waals surface area contributed by atoms with Crippen molar-refractivity contribution in [3.05, 3.63) is 59.7 Å². The Morgan fingerprint density at radius 2 is 1.77 bits per heavy atom. The summed E-state index contributed by atoms with van der Waals surface area (Å²) in [6.07, 6.45) is 3.25. The average molecular weight is 411 g/mol. The predicted octanol–water partition coefficient (Wildman–Crippen LogP) is 4.01. The summed E-state index contributed by atoms with van der Waals surface area (Å²) in [5.74, 6) is 2.30. The summed E-state index contributed by atoms with van der Waals surface area (Å²) in [5, 5.41) is 0. The fourth-order valence-electron chi connectivity index (χ4n) is 4.24. The van der Waals surface area contributed by atoms with Crippen molar-refractivity contribution in [2.45, 2.75) is 38.8 Å². The molecule has 2 aromatic carbocycles. The predicted molar refractivity (Wildman–Crippen MR) is 120 cm³/mol. The minimum Gasteiger partial charge on any atom is -0.493 e. The fourth-order valence-corrected chi connectivity index (χ4v) is 4.24. The zero-order valence-electron chi connectivity index (χ0n) is 18.6. The second-order valence-electron chi connectivity index (χ2n) is 8.20. The molecule has 162 valence electrons. The number of benzene rings is 2. The second-order valence-corrected chi connectivity index (χ2v) is 8.20. The van der Waals surface area contributed by atoms with Crippen molar-refractivity contribution in [2.24, 2.45) is 5.92 Å². The number of methoxy groups -OCH3 is 2. The molecule has 0 saturated carbocycles. The van der Waals surface area contributed by atoms with Gasteiger partial charge in [-0.05, 0) is 50.8 Å². The monoisotopic (exact) mass is 410 g/mol. The lowest BCUT2D eigenvalue weighted by Gasteiger charge is -2.36. The Labute approximate surface area is 180 Å². The molecule has 0 aliphatic carbocycles. The lowest BCUT2D eigenvalue weighted by atomic mass is 9.90. The number of amides is 1. The Kier molecular flexibility index (Phi) is 7.75. The SMILES string of the molecule is COc1cccc(CN(C)C(C)C(=O)N2CCC(Cc3ccccc3)CC2)c1OC. The molecule has 1 unspecified atom stereocenters. The van der Waals surface area contributed by atoms with E-state index >= 15 is 0 Å². The molecule has 1 atom stereocenters. The number of hydrogen-bond acceptors (Lipinski definition) is 4. The number of carbonyl (C=O) groups is 1. The number of ether oxygens (including phenoxy) is 2. The van der Waals surface area contributed by atoms with E-state index in [9.17, 15) is 4.79 Å². The molecule has 1 heterocycles. The highest BCUT2D eigenvalue weighted by atomic mass is 16.5. The van der Waals surface area contributed by atoms with Gasteiger partial charge in [-0.2, -0.15) is 0 Å². The summed E-state index contributed by atoms with van der Waals surface area (Å²) in [6, 6.07) is 16.3. The molecule has 5 nitrogen and oxygen atoms in total. The van der Waals surface area contributed by atoms with Crippen molar-refractivity contribution in [3.63, 3.8) is 0 Å². The zero-order chi connectivity index (χ0) is 21.5. The Bertz CT molecular complexity index is 816. The van der Waals surface area contributed by atoms with Gasteiger partial charge in [-0.1, -0.05) is 42.5 Å². The van der Waals surface area contributed by atoms with Gasteiger partial charge < -0.3 is 14.4 Å². The van der Waals surface area contributed by atoms with Crippen LogP contribution in [-0.2, 0) is 17.8 Å². The molecule has 3 rings (SSSR count). The third-order valence-corrected chi connectivity index (χ3v) is 6.22. The molecule has 1 amide bonds. The lowest BCUT2D eigenvalue weighted by molar-refractivity contribution is -0.137. The van der Waals surface area contributed by atoms with Gasteiger partial charge in [-0.15, -0.1) is 0 Å². The van der Waals surface area contributed by atoms with Crippen LogP contribution in [0.15, 0.2) is 48.5 Å². The summed E-state index contributed by atoms with van der Waals surface area (Å²) in [4.78, 5) is 17.2. The summed E-state index contributed by atoms with van der Waals surface area (Å²) >= 11 is 0. The molecule has 0 radical (unpaired) electrons. The lowest BCUT2D eigenvalue weighted by Crippen LogP contribution is -2.48. The normalized spacial score (nSPS) is 15.8. The maximum Gasteiger partial charge on any atom is 0.239 e. The third kappa shape index (κ3) is 5.33. The van der Waals surface area contributed by atoms with Crippen molar-refractivity contribution in [2.75, 3.05) is 34.4 Å². The number of nitrogens with zero attached hydrogens (tertiary/aromatic N) is 2. The highest BCUT2D eigenvalue weighted by Gasteiger charge is 2.28. The first kappa shape index (κ1) is 22.2. The van der Waals surface area contributed by atoms with Crippen LogP contribution in [0.25, 0.3) is 0 Å². The molecule has 0 bridgehead atoms. The zero-order valence-corrected chi connectivity index (χ0v) is 18.6. The molecule has 0 spiro atoms.